The number of nitrogens with zero attached hydrogens (tertiary/aromatic N) is 2. The number of ketones is 2. The molecule has 0 radical (unpaired) electrons. The number of halogens is 1. The fraction of sp³-hybridized carbons (Fsp3) is 0.222. The summed E-state index contributed by atoms with van der Waals surface area (Å²) in [5, 5.41) is 8.48. The van der Waals surface area contributed by atoms with Gasteiger partial charge in [-0.25, -0.2) is 0 Å². The first-order chi connectivity index (χ1) is 11.6. The standard InChI is InChI=1S/C18H19ClN4O2/c1-8-5-12(6-9(2)15(8)10(3)24)22-23-14-7-13(19)17(20)18(21)16(14)11(4)25/h5-7H,20-21H2,1-4H3. The average molecular weight is 359 g/mol. The number of carbonyl (C=O) groups excluding carboxylic acids is 2. The van der Waals surface area contributed by atoms with Crippen LogP contribution < -0.4 is 11.5 Å². The van der Waals surface area contributed by atoms with Crippen LogP contribution in [0.3, 0.4) is 0 Å². The average Bonchev–Trinajstić information content (AvgIpc) is 2.49. The Balaban J connectivity index is 2.54. The lowest BCUT2D eigenvalue weighted by Crippen LogP contribution is -2.04. The summed E-state index contributed by atoms with van der Waals surface area (Å²) in [5.74, 6) is -0.287. The highest BCUT2D eigenvalue weighted by Gasteiger charge is 2.17. The maximum absolute atomic E-state index is 11.9. The number of aryl methyl sites for hydroxylation is 2. The first-order valence-electron chi connectivity index (χ1n) is 7.55. The van der Waals surface area contributed by atoms with Crippen LogP contribution in [0.1, 0.15) is 45.7 Å². The Kier molecular flexibility index (Phi) is 5.23. The molecule has 7 heteroatoms. The van der Waals surface area contributed by atoms with Crippen molar-refractivity contribution >= 4 is 45.9 Å². The topological polar surface area (TPSA) is 111 Å². The van der Waals surface area contributed by atoms with Crippen LogP contribution in [0.25, 0.3) is 0 Å². The summed E-state index contributed by atoms with van der Waals surface area (Å²) >= 11 is 6.03. The molecule has 0 saturated carbocycles. The van der Waals surface area contributed by atoms with E-state index < -0.39 is 0 Å². The van der Waals surface area contributed by atoms with Gasteiger partial charge in [0.15, 0.2) is 11.6 Å². The van der Waals surface area contributed by atoms with Crippen LogP contribution in [0.5, 0.6) is 0 Å². The van der Waals surface area contributed by atoms with Gasteiger partial charge in [-0.1, -0.05) is 11.6 Å². The number of Topliss-reactive ketones (excluding diaryl/α,β-unsaturated/α-hetero) is 2. The molecule has 0 bridgehead atoms. The van der Waals surface area contributed by atoms with Crippen molar-refractivity contribution in [3.8, 4) is 0 Å². The first-order valence-corrected chi connectivity index (χ1v) is 7.93. The van der Waals surface area contributed by atoms with Gasteiger partial charge in [0.1, 0.15) is 5.69 Å². The summed E-state index contributed by atoms with van der Waals surface area (Å²) in [6.45, 7) is 6.56. The molecule has 2 rings (SSSR count). The zero-order valence-electron chi connectivity index (χ0n) is 14.5. The molecular formula is C18H19ClN4O2. The van der Waals surface area contributed by atoms with Crippen molar-refractivity contribution in [2.75, 3.05) is 11.5 Å². The Bertz CT molecular complexity index is 897. The summed E-state index contributed by atoms with van der Waals surface area (Å²) in [6, 6.07) is 4.96. The number of rotatable bonds is 4. The molecule has 2 aromatic rings. The number of hydrogen-bond donors (Lipinski definition) is 2. The Morgan fingerprint density at radius 2 is 1.40 bits per heavy atom. The van der Waals surface area contributed by atoms with E-state index in [4.69, 9.17) is 23.1 Å². The summed E-state index contributed by atoms with van der Waals surface area (Å²) < 4.78 is 0. The molecule has 6 nitrogen and oxygen atoms in total. The summed E-state index contributed by atoms with van der Waals surface area (Å²) in [5.41, 5.74) is 15.2. The van der Waals surface area contributed by atoms with Gasteiger partial charge in [-0.05, 0) is 57.0 Å². The fourth-order valence-electron chi connectivity index (χ4n) is 2.79. The van der Waals surface area contributed by atoms with Crippen LogP contribution in [0, 0.1) is 13.8 Å². The molecule has 0 atom stereocenters. The zero-order chi connectivity index (χ0) is 18.9. The van der Waals surface area contributed by atoms with Gasteiger partial charge < -0.3 is 11.5 Å². The summed E-state index contributed by atoms with van der Waals surface area (Å²) in [6.07, 6.45) is 0. The van der Waals surface area contributed by atoms with Crippen molar-refractivity contribution in [3.63, 3.8) is 0 Å². The Morgan fingerprint density at radius 1 is 0.880 bits per heavy atom. The number of nitrogen functional groups attached to an aromatic ring is 2. The minimum Gasteiger partial charge on any atom is -0.396 e. The molecule has 0 heterocycles. The van der Waals surface area contributed by atoms with Gasteiger partial charge in [0.05, 0.1) is 27.6 Å². The first kappa shape index (κ1) is 18.6. The van der Waals surface area contributed by atoms with E-state index >= 15 is 0 Å². The van der Waals surface area contributed by atoms with E-state index in [-0.39, 0.29) is 39.2 Å². The maximum atomic E-state index is 11.9. The van der Waals surface area contributed by atoms with Crippen molar-refractivity contribution < 1.29 is 9.59 Å². The monoisotopic (exact) mass is 358 g/mol. The van der Waals surface area contributed by atoms with Crippen LogP contribution in [0.15, 0.2) is 28.4 Å². The minimum atomic E-state index is -0.283. The summed E-state index contributed by atoms with van der Waals surface area (Å²) in [4.78, 5) is 23.5. The second kappa shape index (κ2) is 7.03. The molecule has 0 fully saturated rings. The Labute approximate surface area is 150 Å². The highest BCUT2D eigenvalue weighted by atomic mass is 35.5. The number of benzene rings is 2. The van der Waals surface area contributed by atoms with Gasteiger partial charge in [0.2, 0.25) is 0 Å². The maximum Gasteiger partial charge on any atom is 0.164 e. The molecule has 0 aliphatic carbocycles. The number of anilines is 2. The normalized spacial score (nSPS) is 11.1. The molecule has 2 aromatic carbocycles. The predicted octanol–water partition coefficient (Wildman–Crippen LogP) is 4.94. The van der Waals surface area contributed by atoms with E-state index in [1.54, 1.807) is 12.1 Å². The van der Waals surface area contributed by atoms with Crippen molar-refractivity contribution in [2.24, 2.45) is 10.2 Å². The van der Waals surface area contributed by atoms with E-state index in [0.717, 1.165) is 11.1 Å². The number of nitrogens with two attached hydrogens (primary N) is 2. The molecule has 25 heavy (non-hydrogen) atoms. The van der Waals surface area contributed by atoms with E-state index in [1.165, 1.54) is 19.9 Å². The highest BCUT2D eigenvalue weighted by Crippen LogP contribution is 2.37. The van der Waals surface area contributed by atoms with E-state index in [9.17, 15) is 9.59 Å². The third kappa shape index (κ3) is 3.69. The molecule has 4 N–H and O–H groups in total. The summed E-state index contributed by atoms with van der Waals surface area (Å²) in [7, 11) is 0. The van der Waals surface area contributed by atoms with Crippen LogP contribution in [0.4, 0.5) is 22.7 Å². The van der Waals surface area contributed by atoms with Gasteiger partial charge in [0.25, 0.3) is 0 Å². The van der Waals surface area contributed by atoms with Gasteiger partial charge in [-0.3, -0.25) is 9.59 Å². The molecule has 0 amide bonds. The molecular weight excluding hydrogens is 340 g/mol. The lowest BCUT2D eigenvalue weighted by Gasteiger charge is -2.10. The second-order valence-electron chi connectivity index (χ2n) is 5.85. The van der Waals surface area contributed by atoms with Crippen molar-refractivity contribution in [2.45, 2.75) is 27.7 Å². The molecule has 130 valence electrons. The van der Waals surface area contributed by atoms with Crippen LogP contribution in [-0.2, 0) is 0 Å². The third-order valence-electron chi connectivity index (χ3n) is 3.83. The number of hydrogen-bond acceptors (Lipinski definition) is 6. The second-order valence-corrected chi connectivity index (χ2v) is 6.25. The van der Waals surface area contributed by atoms with Gasteiger partial charge in [0, 0.05) is 5.56 Å². The number of azo groups is 1. The number of carbonyl (C=O) groups is 2. The fourth-order valence-corrected chi connectivity index (χ4v) is 2.99. The SMILES string of the molecule is CC(=O)c1c(C)cc(N=Nc2cc(Cl)c(N)c(N)c2C(C)=O)cc1C. The lowest BCUT2D eigenvalue weighted by molar-refractivity contribution is 0.100. The smallest absolute Gasteiger partial charge is 0.164 e. The highest BCUT2D eigenvalue weighted by molar-refractivity contribution is 6.34. The molecule has 0 unspecified atom stereocenters. The largest absolute Gasteiger partial charge is 0.396 e. The van der Waals surface area contributed by atoms with E-state index in [2.05, 4.69) is 10.2 Å². The lowest BCUT2D eigenvalue weighted by atomic mass is 9.99. The van der Waals surface area contributed by atoms with Crippen LogP contribution in [0.2, 0.25) is 5.02 Å². The van der Waals surface area contributed by atoms with Crippen molar-refractivity contribution in [1.29, 1.82) is 0 Å². The van der Waals surface area contributed by atoms with Crippen molar-refractivity contribution in [1.82, 2.24) is 0 Å². The van der Waals surface area contributed by atoms with Gasteiger partial charge in [-0.2, -0.15) is 5.11 Å². The third-order valence-corrected chi connectivity index (χ3v) is 4.14. The molecule has 0 aliphatic heterocycles. The van der Waals surface area contributed by atoms with E-state index in [1.807, 2.05) is 13.8 Å². The molecule has 0 saturated heterocycles. The zero-order valence-corrected chi connectivity index (χ0v) is 15.2. The van der Waals surface area contributed by atoms with E-state index in [0.29, 0.717) is 11.3 Å². The molecule has 0 aliphatic rings. The van der Waals surface area contributed by atoms with Crippen molar-refractivity contribution in [3.05, 3.63) is 45.5 Å². The van der Waals surface area contributed by atoms with Crippen LogP contribution in [-0.4, -0.2) is 11.6 Å². The van der Waals surface area contributed by atoms with Gasteiger partial charge in [-0.15, -0.1) is 5.11 Å². The minimum absolute atomic E-state index is 0.00422. The Morgan fingerprint density at radius 3 is 1.88 bits per heavy atom. The predicted molar refractivity (Wildman–Crippen MR) is 100 cm³/mol. The molecule has 0 aromatic heterocycles. The Hall–Kier alpha value is -2.73. The van der Waals surface area contributed by atoms with Crippen LogP contribution >= 0.6 is 11.6 Å². The van der Waals surface area contributed by atoms with Gasteiger partial charge >= 0.3 is 0 Å². The molecule has 0 spiro atoms. The quantitative estimate of drug-likeness (QED) is 0.457.